The van der Waals surface area contributed by atoms with Gasteiger partial charge in [0.2, 0.25) is 0 Å². The van der Waals surface area contributed by atoms with Crippen molar-refractivity contribution in [2.45, 2.75) is 6.04 Å². The van der Waals surface area contributed by atoms with E-state index in [1.54, 1.807) is 17.1 Å². The van der Waals surface area contributed by atoms with Crippen molar-refractivity contribution in [2.24, 2.45) is 7.05 Å². The lowest BCUT2D eigenvalue weighted by molar-refractivity contribution is -0.118. The van der Waals surface area contributed by atoms with E-state index in [1.807, 2.05) is 85.9 Å². The van der Waals surface area contributed by atoms with E-state index >= 15 is 0 Å². The third kappa shape index (κ3) is 3.59. The fraction of sp³-hybridized carbons (Fsp3) is 0.0800. The summed E-state index contributed by atoms with van der Waals surface area (Å²) >= 11 is 0. The number of anilines is 1. The van der Waals surface area contributed by atoms with E-state index in [-0.39, 0.29) is 5.91 Å². The van der Waals surface area contributed by atoms with E-state index in [1.165, 1.54) is 0 Å². The molecule has 1 unspecified atom stereocenters. The quantitative estimate of drug-likeness (QED) is 0.461. The van der Waals surface area contributed by atoms with Crippen molar-refractivity contribution in [3.8, 4) is 11.4 Å². The zero-order chi connectivity index (χ0) is 21.2. The molecule has 31 heavy (non-hydrogen) atoms. The van der Waals surface area contributed by atoms with Gasteiger partial charge in [0.05, 0.1) is 11.0 Å². The maximum absolute atomic E-state index is 13.1. The molecular formula is C25H21N5O. The number of aromatic nitrogens is 4. The Kier molecular flexibility index (Phi) is 4.80. The van der Waals surface area contributed by atoms with Crippen molar-refractivity contribution >= 4 is 22.6 Å². The highest BCUT2D eigenvalue weighted by atomic mass is 16.2. The van der Waals surface area contributed by atoms with Crippen LogP contribution < -0.4 is 5.32 Å². The molecule has 0 saturated carbocycles. The smallest absolute Gasteiger partial charge is 0.253 e. The predicted molar refractivity (Wildman–Crippen MR) is 122 cm³/mol. The zero-order valence-electron chi connectivity index (χ0n) is 17.0. The molecule has 3 aromatic carbocycles. The molecule has 5 aromatic rings. The molecule has 0 aliphatic heterocycles. The van der Waals surface area contributed by atoms with Crippen molar-refractivity contribution in [3.63, 3.8) is 0 Å². The lowest BCUT2D eigenvalue weighted by atomic mass is 10.1. The van der Waals surface area contributed by atoms with Crippen LogP contribution >= 0.6 is 0 Å². The number of carbonyl (C=O) groups is 1. The second-order valence-electron chi connectivity index (χ2n) is 7.35. The van der Waals surface area contributed by atoms with E-state index in [0.717, 1.165) is 33.7 Å². The molecule has 1 N–H and O–H groups in total. The number of nitrogens with zero attached hydrogens (tertiary/aromatic N) is 4. The highest BCUT2D eigenvalue weighted by Gasteiger charge is 2.23. The summed E-state index contributed by atoms with van der Waals surface area (Å²) in [6, 6.07) is 26.7. The van der Waals surface area contributed by atoms with Crippen molar-refractivity contribution in [2.75, 3.05) is 5.32 Å². The Labute approximate surface area is 179 Å². The maximum Gasteiger partial charge on any atom is 0.253 e. The largest absolute Gasteiger partial charge is 0.327 e. The van der Waals surface area contributed by atoms with Crippen molar-refractivity contribution in [1.29, 1.82) is 0 Å². The van der Waals surface area contributed by atoms with E-state index in [2.05, 4.69) is 21.0 Å². The maximum atomic E-state index is 13.1. The Bertz CT molecular complexity index is 1320. The molecule has 5 rings (SSSR count). The Morgan fingerprint density at radius 3 is 2.35 bits per heavy atom. The third-order valence-corrected chi connectivity index (χ3v) is 5.35. The van der Waals surface area contributed by atoms with Gasteiger partial charge in [-0.1, -0.05) is 42.5 Å². The second-order valence-corrected chi connectivity index (χ2v) is 7.35. The monoisotopic (exact) mass is 407 g/mol. The normalized spacial score (nSPS) is 12.0. The summed E-state index contributed by atoms with van der Waals surface area (Å²) in [6.07, 6.45) is 3.47. The zero-order valence-corrected chi connectivity index (χ0v) is 17.0. The minimum Gasteiger partial charge on any atom is -0.327 e. The summed E-state index contributed by atoms with van der Waals surface area (Å²) in [5, 5.41) is 7.31. The number of fused-ring (bicyclic) bond motifs is 1. The molecule has 2 aromatic heterocycles. The van der Waals surface area contributed by atoms with E-state index in [9.17, 15) is 4.79 Å². The van der Waals surface area contributed by atoms with Crippen LogP contribution in [0, 0.1) is 0 Å². The Balaban J connectivity index is 1.41. The first-order valence-electron chi connectivity index (χ1n) is 10.1. The molecule has 0 radical (unpaired) electrons. The summed E-state index contributed by atoms with van der Waals surface area (Å²) < 4.78 is 3.74. The predicted octanol–water partition coefficient (Wildman–Crippen LogP) is 4.66. The second kappa shape index (κ2) is 7.91. The summed E-state index contributed by atoms with van der Waals surface area (Å²) in [7, 11) is 2.01. The number of hydrogen-bond donors (Lipinski definition) is 1. The molecule has 6 nitrogen and oxygen atoms in total. The summed E-state index contributed by atoms with van der Waals surface area (Å²) in [5.41, 5.74) is 4.63. The van der Waals surface area contributed by atoms with Crippen LogP contribution in [0.2, 0.25) is 0 Å². The van der Waals surface area contributed by atoms with E-state index in [4.69, 9.17) is 4.98 Å². The van der Waals surface area contributed by atoms with Gasteiger partial charge >= 0.3 is 0 Å². The summed E-state index contributed by atoms with van der Waals surface area (Å²) in [6.45, 7) is 0. The number of rotatable bonds is 5. The van der Waals surface area contributed by atoms with E-state index < -0.39 is 6.04 Å². The minimum atomic E-state index is -0.546. The molecular weight excluding hydrogens is 386 g/mol. The van der Waals surface area contributed by atoms with Crippen LogP contribution in [0.5, 0.6) is 0 Å². The van der Waals surface area contributed by atoms with E-state index in [0.29, 0.717) is 0 Å². The molecule has 0 saturated heterocycles. The van der Waals surface area contributed by atoms with Crippen LogP contribution in [0.4, 0.5) is 5.69 Å². The standard InChI is InChI=1S/C25H21N5O/c1-29-22-11-6-5-10-21(22)28-24(29)19-12-14-20(15-13-19)27-25(31)23(30-17-7-16-26-30)18-8-3-2-4-9-18/h2-17,23H,1H3,(H,27,31). The molecule has 1 atom stereocenters. The first-order chi connectivity index (χ1) is 15.2. The van der Waals surface area contributed by atoms with Crippen LogP contribution in [0.1, 0.15) is 11.6 Å². The van der Waals surface area contributed by atoms with Crippen LogP contribution in [-0.4, -0.2) is 25.2 Å². The van der Waals surface area contributed by atoms with Crippen LogP contribution in [0.15, 0.2) is 97.3 Å². The van der Waals surface area contributed by atoms with Gasteiger partial charge in [0, 0.05) is 30.7 Å². The first-order valence-corrected chi connectivity index (χ1v) is 10.1. The van der Waals surface area contributed by atoms with Crippen molar-refractivity contribution in [1.82, 2.24) is 19.3 Å². The van der Waals surface area contributed by atoms with Gasteiger partial charge in [0.15, 0.2) is 6.04 Å². The summed E-state index contributed by atoms with van der Waals surface area (Å²) in [4.78, 5) is 17.9. The number of benzene rings is 3. The lowest BCUT2D eigenvalue weighted by Crippen LogP contribution is -2.27. The molecule has 0 spiro atoms. The van der Waals surface area contributed by atoms with Crippen molar-refractivity contribution < 1.29 is 4.79 Å². The Morgan fingerprint density at radius 1 is 0.903 bits per heavy atom. The van der Waals surface area contributed by atoms with Crippen LogP contribution in [0.25, 0.3) is 22.4 Å². The number of para-hydroxylation sites is 2. The van der Waals surface area contributed by atoms with Gasteiger partial charge in [0.25, 0.3) is 5.91 Å². The molecule has 0 aliphatic carbocycles. The topological polar surface area (TPSA) is 64.7 Å². The third-order valence-electron chi connectivity index (χ3n) is 5.35. The Morgan fingerprint density at radius 2 is 1.65 bits per heavy atom. The number of carbonyl (C=O) groups excluding carboxylic acids is 1. The number of nitrogens with one attached hydrogen (secondary N) is 1. The molecule has 152 valence electrons. The molecule has 0 aliphatic rings. The fourth-order valence-electron chi connectivity index (χ4n) is 3.81. The van der Waals surface area contributed by atoms with Gasteiger partial charge in [-0.25, -0.2) is 4.98 Å². The average molecular weight is 407 g/mol. The van der Waals surface area contributed by atoms with Gasteiger partial charge in [-0.3, -0.25) is 9.48 Å². The van der Waals surface area contributed by atoms with Crippen molar-refractivity contribution in [3.05, 3.63) is 103 Å². The Hall–Kier alpha value is -4.19. The first kappa shape index (κ1) is 18.8. The van der Waals surface area contributed by atoms with Gasteiger partial charge in [-0.15, -0.1) is 0 Å². The number of hydrogen-bond acceptors (Lipinski definition) is 3. The molecule has 6 heteroatoms. The lowest BCUT2D eigenvalue weighted by Gasteiger charge is -2.18. The number of imidazole rings is 1. The number of aryl methyl sites for hydroxylation is 1. The van der Waals surface area contributed by atoms with Gasteiger partial charge in [0.1, 0.15) is 5.82 Å². The van der Waals surface area contributed by atoms with Gasteiger partial charge < -0.3 is 9.88 Å². The highest BCUT2D eigenvalue weighted by Crippen LogP contribution is 2.26. The molecule has 0 bridgehead atoms. The van der Waals surface area contributed by atoms with Gasteiger partial charge in [-0.05, 0) is 48.0 Å². The SMILES string of the molecule is Cn1c(-c2ccc(NC(=O)C(c3ccccc3)n3cccn3)cc2)nc2ccccc21. The minimum absolute atomic E-state index is 0.148. The highest BCUT2D eigenvalue weighted by molar-refractivity contribution is 5.96. The number of amides is 1. The molecule has 2 heterocycles. The molecule has 0 fully saturated rings. The van der Waals surface area contributed by atoms with Crippen LogP contribution in [0.3, 0.4) is 0 Å². The average Bonchev–Trinajstić information content (AvgIpc) is 3.44. The van der Waals surface area contributed by atoms with Crippen LogP contribution in [-0.2, 0) is 11.8 Å². The molecule has 1 amide bonds. The summed E-state index contributed by atoms with van der Waals surface area (Å²) in [5.74, 6) is 0.739. The van der Waals surface area contributed by atoms with Gasteiger partial charge in [-0.2, -0.15) is 5.10 Å². The fourth-order valence-corrected chi connectivity index (χ4v) is 3.81.